The standard InChI is InChI=1S/C21H24N2O3.ClH/c1-3-6-15-10-11-19(20(13-15)25-2)26-14-21(24)23-12-5-7-16-17(22)8-4-9-18(16)23;/h3-4,8-11,13H,1,5-7,12,14,22H2,2H3;1H. The van der Waals surface area contributed by atoms with E-state index in [2.05, 4.69) is 6.58 Å². The van der Waals surface area contributed by atoms with E-state index in [0.29, 0.717) is 18.0 Å². The molecule has 2 N–H and O–H groups in total. The summed E-state index contributed by atoms with van der Waals surface area (Å²) >= 11 is 0. The Hall–Kier alpha value is -2.66. The fourth-order valence-electron chi connectivity index (χ4n) is 3.25. The Morgan fingerprint density at radius 1 is 1.30 bits per heavy atom. The lowest BCUT2D eigenvalue weighted by molar-refractivity contribution is -0.120. The molecule has 3 rings (SSSR count). The van der Waals surface area contributed by atoms with Crippen molar-refractivity contribution in [3.8, 4) is 11.5 Å². The van der Waals surface area contributed by atoms with E-state index >= 15 is 0 Å². The second-order valence-corrected chi connectivity index (χ2v) is 6.26. The van der Waals surface area contributed by atoms with Gasteiger partial charge in [0.15, 0.2) is 18.1 Å². The van der Waals surface area contributed by atoms with Crippen molar-refractivity contribution in [1.82, 2.24) is 0 Å². The molecule has 27 heavy (non-hydrogen) atoms. The number of hydrogen-bond donors (Lipinski definition) is 1. The summed E-state index contributed by atoms with van der Waals surface area (Å²) in [6, 6.07) is 11.4. The van der Waals surface area contributed by atoms with Crippen LogP contribution in [0.4, 0.5) is 11.4 Å². The zero-order valence-corrected chi connectivity index (χ0v) is 16.3. The molecular formula is C21H25ClN2O3. The predicted molar refractivity (Wildman–Crippen MR) is 111 cm³/mol. The van der Waals surface area contributed by atoms with Crippen LogP contribution in [0.5, 0.6) is 11.5 Å². The van der Waals surface area contributed by atoms with Crippen molar-refractivity contribution in [3.63, 3.8) is 0 Å². The van der Waals surface area contributed by atoms with Gasteiger partial charge in [-0.05, 0) is 54.7 Å². The number of carbonyl (C=O) groups is 1. The molecule has 144 valence electrons. The number of carbonyl (C=O) groups excluding carboxylic acids is 1. The summed E-state index contributed by atoms with van der Waals surface area (Å²) in [5.41, 5.74) is 9.80. The number of nitrogens with zero attached hydrogens (tertiary/aromatic N) is 1. The molecule has 2 aromatic rings. The van der Waals surface area contributed by atoms with Crippen LogP contribution in [0.2, 0.25) is 0 Å². The first kappa shape index (κ1) is 20.6. The molecule has 5 nitrogen and oxygen atoms in total. The number of methoxy groups -OCH3 is 1. The highest BCUT2D eigenvalue weighted by atomic mass is 35.5. The van der Waals surface area contributed by atoms with Crippen LogP contribution in [0.1, 0.15) is 17.5 Å². The number of rotatable bonds is 6. The Bertz CT molecular complexity index is 823. The molecule has 0 unspecified atom stereocenters. The molecule has 2 aromatic carbocycles. The third kappa shape index (κ3) is 4.55. The van der Waals surface area contributed by atoms with Gasteiger partial charge in [-0.3, -0.25) is 4.79 Å². The number of ether oxygens (including phenoxy) is 2. The molecule has 0 fully saturated rings. The Morgan fingerprint density at radius 2 is 2.11 bits per heavy atom. The molecule has 6 heteroatoms. The Morgan fingerprint density at radius 3 is 2.85 bits per heavy atom. The number of amides is 1. The van der Waals surface area contributed by atoms with Gasteiger partial charge in [-0.2, -0.15) is 0 Å². The fourth-order valence-corrected chi connectivity index (χ4v) is 3.25. The smallest absolute Gasteiger partial charge is 0.264 e. The van der Waals surface area contributed by atoms with Gasteiger partial charge in [0.05, 0.1) is 7.11 Å². The first-order valence-corrected chi connectivity index (χ1v) is 8.72. The summed E-state index contributed by atoms with van der Waals surface area (Å²) in [5.74, 6) is 1.08. The van der Waals surface area contributed by atoms with Crippen LogP contribution in [-0.4, -0.2) is 26.2 Å². The van der Waals surface area contributed by atoms with Crippen LogP contribution in [0.25, 0.3) is 0 Å². The van der Waals surface area contributed by atoms with E-state index in [1.54, 1.807) is 12.0 Å². The minimum atomic E-state index is -0.0891. The van der Waals surface area contributed by atoms with Gasteiger partial charge >= 0.3 is 0 Å². The third-order valence-electron chi connectivity index (χ3n) is 4.55. The minimum Gasteiger partial charge on any atom is -0.493 e. The van der Waals surface area contributed by atoms with Gasteiger partial charge in [0.2, 0.25) is 0 Å². The third-order valence-corrected chi connectivity index (χ3v) is 4.55. The lowest BCUT2D eigenvalue weighted by atomic mass is 10.00. The van der Waals surface area contributed by atoms with E-state index in [1.165, 1.54) is 0 Å². The second-order valence-electron chi connectivity index (χ2n) is 6.26. The molecule has 0 atom stereocenters. The highest BCUT2D eigenvalue weighted by Gasteiger charge is 2.24. The fraction of sp³-hybridized carbons (Fsp3) is 0.286. The van der Waals surface area contributed by atoms with Gasteiger partial charge in [-0.15, -0.1) is 19.0 Å². The summed E-state index contributed by atoms with van der Waals surface area (Å²) in [6.07, 6.45) is 4.37. The van der Waals surface area contributed by atoms with Crippen LogP contribution in [-0.2, 0) is 17.6 Å². The van der Waals surface area contributed by atoms with Gasteiger partial charge in [-0.1, -0.05) is 18.2 Å². The minimum absolute atomic E-state index is 0. The molecule has 0 bridgehead atoms. The summed E-state index contributed by atoms with van der Waals surface area (Å²) in [7, 11) is 1.59. The van der Waals surface area contributed by atoms with E-state index in [4.69, 9.17) is 15.2 Å². The molecule has 1 heterocycles. The molecule has 0 saturated heterocycles. The van der Waals surface area contributed by atoms with Crippen molar-refractivity contribution in [1.29, 1.82) is 0 Å². The molecule has 0 radical (unpaired) electrons. The topological polar surface area (TPSA) is 64.8 Å². The zero-order valence-electron chi connectivity index (χ0n) is 15.4. The number of nitrogen functional groups attached to an aromatic ring is 1. The van der Waals surface area contributed by atoms with Gasteiger partial charge in [0, 0.05) is 17.9 Å². The van der Waals surface area contributed by atoms with E-state index in [-0.39, 0.29) is 24.9 Å². The normalized spacial score (nSPS) is 12.6. The Balaban J connectivity index is 0.00000261. The Kier molecular flexibility index (Phi) is 7.13. The zero-order chi connectivity index (χ0) is 18.5. The summed E-state index contributed by atoms with van der Waals surface area (Å²) in [6.45, 7) is 4.36. The molecule has 0 aromatic heterocycles. The number of hydrogen-bond acceptors (Lipinski definition) is 4. The van der Waals surface area contributed by atoms with Crippen LogP contribution >= 0.6 is 12.4 Å². The number of nitrogens with two attached hydrogens (primary N) is 1. The predicted octanol–water partition coefficient (Wildman–Crippen LogP) is 3.79. The maximum atomic E-state index is 12.7. The molecular weight excluding hydrogens is 364 g/mol. The molecule has 1 aliphatic rings. The van der Waals surface area contributed by atoms with Crippen LogP contribution in [0, 0.1) is 0 Å². The Labute approximate surface area is 166 Å². The molecule has 1 aliphatic heterocycles. The highest BCUT2D eigenvalue weighted by Crippen LogP contribution is 2.32. The first-order valence-electron chi connectivity index (χ1n) is 8.72. The van der Waals surface area contributed by atoms with Crippen molar-refractivity contribution in [2.45, 2.75) is 19.3 Å². The number of halogens is 1. The first-order chi connectivity index (χ1) is 12.6. The van der Waals surface area contributed by atoms with E-state index in [9.17, 15) is 4.79 Å². The quantitative estimate of drug-likeness (QED) is 0.604. The summed E-state index contributed by atoms with van der Waals surface area (Å²) < 4.78 is 11.1. The van der Waals surface area contributed by atoms with Crippen molar-refractivity contribution in [2.75, 3.05) is 30.9 Å². The maximum Gasteiger partial charge on any atom is 0.264 e. The summed E-state index contributed by atoms with van der Waals surface area (Å²) in [5, 5.41) is 0. The van der Waals surface area contributed by atoms with E-state index in [0.717, 1.165) is 41.8 Å². The van der Waals surface area contributed by atoms with E-state index in [1.807, 2.05) is 42.5 Å². The van der Waals surface area contributed by atoms with Crippen molar-refractivity contribution >= 4 is 29.7 Å². The molecule has 1 amide bonds. The average molecular weight is 389 g/mol. The lowest BCUT2D eigenvalue weighted by Gasteiger charge is -2.30. The van der Waals surface area contributed by atoms with Crippen LogP contribution in [0.15, 0.2) is 49.1 Å². The second kappa shape index (κ2) is 9.33. The molecule has 0 aliphatic carbocycles. The largest absolute Gasteiger partial charge is 0.493 e. The number of benzene rings is 2. The van der Waals surface area contributed by atoms with Crippen LogP contribution in [0.3, 0.4) is 0 Å². The molecule has 0 saturated carbocycles. The highest BCUT2D eigenvalue weighted by molar-refractivity contribution is 5.96. The maximum absolute atomic E-state index is 12.7. The number of allylic oxidation sites excluding steroid dienone is 1. The van der Waals surface area contributed by atoms with Crippen molar-refractivity contribution < 1.29 is 14.3 Å². The number of anilines is 2. The van der Waals surface area contributed by atoms with Gasteiger partial charge in [0.1, 0.15) is 0 Å². The van der Waals surface area contributed by atoms with Gasteiger partial charge in [0.25, 0.3) is 5.91 Å². The van der Waals surface area contributed by atoms with Crippen molar-refractivity contribution in [3.05, 3.63) is 60.2 Å². The van der Waals surface area contributed by atoms with Crippen molar-refractivity contribution in [2.24, 2.45) is 0 Å². The van der Waals surface area contributed by atoms with E-state index < -0.39 is 0 Å². The number of fused-ring (bicyclic) bond motifs is 1. The average Bonchev–Trinajstić information content (AvgIpc) is 2.66. The van der Waals surface area contributed by atoms with Gasteiger partial charge in [-0.25, -0.2) is 0 Å². The lowest BCUT2D eigenvalue weighted by Crippen LogP contribution is -2.38. The molecule has 0 spiro atoms. The summed E-state index contributed by atoms with van der Waals surface area (Å²) in [4.78, 5) is 14.5. The monoisotopic (exact) mass is 388 g/mol. The van der Waals surface area contributed by atoms with Gasteiger partial charge < -0.3 is 20.1 Å². The SMILES string of the molecule is C=CCc1ccc(OCC(=O)N2CCCc3c(N)cccc32)c(OC)c1.Cl. The van der Waals surface area contributed by atoms with Crippen LogP contribution < -0.4 is 20.1 Å².